The summed E-state index contributed by atoms with van der Waals surface area (Å²) in [6, 6.07) is 16.1. The summed E-state index contributed by atoms with van der Waals surface area (Å²) in [7, 11) is 0. The van der Waals surface area contributed by atoms with Gasteiger partial charge < -0.3 is 11.2 Å². The summed E-state index contributed by atoms with van der Waals surface area (Å²) >= 11 is 1.24. The maximum atomic E-state index is 12.5. The maximum absolute atomic E-state index is 12.5. The Labute approximate surface area is 178 Å². The van der Waals surface area contributed by atoms with Crippen LogP contribution in [0.25, 0.3) is 16.7 Å². The van der Waals surface area contributed by atoms with Crippen LogP contribution in [0.2, 0.25) is 0 Å². The van der Waals surface area contributed by atoms with Crippen LogP contribution in [-0.2, 0) is 4.79 Å². The lowest BCUT2D eigenvalue weighted by Crippen LogP contribution is -2.28. The molecule has 30 heavy (non-hydrogen) atoms. The molecule has 8 nitrogen and oxygen atoms in total. The van der Waals surface area contributed by atoms with Crippen molar-refractivity contribution in [1.82, 2.24) is 30.0 Å². The third-order valence-electron chi connectivity index (χ3n) is 4.85. The fourth-order valence-corrected chi connectivity index (χ4v) is 4.13. The molecule has 1 amide bonds. The van der Waals surface area contributed by atoms with Gasteiger partial charge in [0.15, 0.2) is 0 Å². The average Bonchev–Trinajstić information content (AvgIpc) is 3.26. The van der Waals surface area contributed by atoms with E-state index in [1.165, 1.54) is 16.4 Å². The van der Waals surface area contributed by atoms with Gasteiger partial charge in [-0.3, -0.25) is 4.79 Å². The highest BCUT2D eigenvalue weighted by Crippen LogP contribution is 2.24. The summed E-state index contributed by atoms with van der Waals surface area (Å²) in [5.74, 6) is 6.62. The average molecular weight is 422 g/mol. The van der Waals surface area contributed by atoms with Crippen LogP contribution in [0.15, 0.2) is 53.7 Å². The minimum atomic E-state index is -0.120. The highest BCUT2D eigenvalue weighted by atomic mass is 32.2. The van der Waals surface area contributed by atoms with Gasteiger partial charge in [-0.15, -0.1) is 10.2 Å². The molecule has 0 saturated carbocycles. The van der Waals surface area contributed by atoms with Crippen molar-refractivity contribution in [2.45, 2.75) is 32.0 Å². The van der Waals surface area contributed by atoms with Crippen molar-refractivity contribution in [1.29, 1.82) is 0 Å². The molecule has 4 rings (SSSR count). The minimum absolute atomic E-state index is 0.101. The van der Waals surface area contributed by atoms with Gasteiger partial charge in [0.05, 0.1) is 17.5 Å². The molecule has 0 bridgehead atoms. The molecule has 2 heterocycles. The Balaban J connectivity index is 1.42. The second-order valence-electron chi connectivity index (χ2n) is 7.14. The molecule has 9 heteroatoms. The molecular weight excluding hydrogens is 398 g/mol. The summed E-state index contributed by atoms with van der Waals surface area (Å²) in [6.07, 6.45) is 0. The number of aromatic nitrogens is 5. The molecule has 0 aliphatic carbocycles. The first kappa shape index (κ1) is 20.0. The number of carbonyl (C=O) groups excluding carboxylic acids is 1. The lowest BCUT2D eigenvalue weighted by molar-refractivity contribution is -0.119. The molecule has 0 aliphatic rings. The van der Waals surface area contributed by atoms with E-state index in [0.29, 0.717) is 11.1 Å². The molecule has 0 spiro atoms. The zero-order valence-electron chi connectivity index (χ0n) is 17.0. The summed E-state index contributed by atoms with van der Waals surface area (Å²) in [5, 5.41) is 18.4. The van der Waals surface area contributed by atoms with Crippen LogP contribution in [-0.4, -0.2) is 36.3 Å². The molecule has 0 unspecified atom stereocenters. The number of nitrogens with zero attached hydrogens (tertiary/aromatic N) is 5. The van der Waals surface area contributed by atoms with E-state index in [4.69, 9.17) is 5.84 Å². The highest BCUT2D eigenvalue weighted by molar-refractivity contribution is 7.99. The number of nitrogen functional groups attached to an aromatic ring is 1. The first-order valence-corrected chi connectivity index (χ1v) is 10.6. The van der Waals surface area contributed by atoms with Crippen molar-refractivity contribution in [3.8, 4) is 5.95 Å². The van der Waals surface area contributed by atoms with Gasteiger partial charge in [-0.05, 0) is 43.2 Å². The molecule has 0 radical (unpaired) electrons. The number of thioether (sulfide) groups is 1. The van der Waals surface area contributed by atoms with E-state index < -0.39 is 0 Å². The Morgan fingerprint density at radius 3 is 2.70 bits per heavy atom. The molecule has 3 N–H and O–H groups in total. The van der Waals surface area contributed by atoms with Crippen molar-refractivity contribution in [3.63, 3.8) is 0 Å². The fourth-order valence-electron chi connectivity index (χ4n) is 3.46. The predicted molar refractivity (Wildman–Crippen MR) is 118 cm³/mol. The SMILES string of the molecule is Cc1cc(C)n(-c2nnc(SCC(=O)N[C@@H](C)c3cccc4ccccc34)n2N)n1. The lowest BCUT2D eigenvalue weighted by Gasteiger charge is -2.16. The number of hydrogen-bond donors (Lipinski definition) is 2. The van der Waals surface area contributed by atoms with Crippen LogP contribution in [0.5, 0.6) is 0 Å². The smallest absolute Gasteiger partial charge is 0.271 e. The molecule has 0 saturated heterocycles. The second-order valence-corrected chi connectivity index (χ2v) is 8.08. The van der Waals surface area contributed by atoms with Crippen molar-refractivity contribution in [2.75, 3.05) is 11.6 Å². The highest BCUT2D eigenvalue weighted by Gasteiger charge is 2.17. The molecule has 4 aromatic rings. The Hall–Kier alpha value is -3.33. The van der Waals surface area contributed by atoms with Crippen LogP contribution in [0.3, 0.4) is 0 Å². The van der Waals surface area contributed by atoms with Gasteiger partial charge in [-0.2, -0.15) is 5.10 Å². The summed E-state index contributed by atoms with van der Waals surface area (Å²) in [4.78, 5) is 12.5. The fraction of sp³-hybridized carbons (Fsp3) is 0.238. The van der Waals surface area contributed by atoms with Crippen molar-refractivity contribution >= 4 is 28.4 Å². The molecular formula is C21H23N7OS. The summed E-state index contributed by atoms with van der Waals surface area (Å²) < 4.78 is 2.99. The van der Waals surface area contributed by atoms with E-state index in [-0.39, 0.29) is 17.7 Å². The standard InChI is InChI=1S/C21H23N7OS/c1-13-11-14(2)28(26-13)20-24-25-21(27(20)22)30-12-19(29)23-15(3)17-10-6-8-16-7-4-5-9-18(16)17/h4-11,15H,12,22H2,1-3H3,(H,23,29)/t15-/m0/s1. The summed E-state index contributed by atoms with van der Waals surface area (Å²) in [6.45, 7) is 5.80. The van der Waals surface area contributed by atoms with Crippen LogP contribution >= 0.6 is 11.8 Å². The molecule has 0 fully saturated rings. The van der Waals surface area contributed by atoms with E-state index in [1.807, 2.05) is 51.1 Å². The van der Waals surface area contributed by atoms with E-state index in [0.717, 1.165) is 27.7 Å². The monoisotopic (exact) mass is 421 g/mol. The van der Waals surface area contributed by atoms with Gasteiger partial charge in [0, 0.05) is 5.69 Å². The van der Waals surface area contributed by atoms with Crippen LogP contribution in [0.4, 0.5) is 0 Å². The molecule has 0 aliphatic heterocycles. The number of aryl methyl sites for hydroxylation is 2. The van der Waals surface area contributed by atoms with Crippen LogP contribution in [0, 0.1) is 13.8 Å². The number of nitrogens with one attached hydrogen (secondary N) is 1. The zero-order chi connectivity index (χ0) is 21.3. The van der Waals surface area contributed by atoms with Gasteiger partial charge in [0.1, 0.15) is 0 Å². The van der Waals surface area contributed by atoms with Gasteiger partial charge in [-0.25, -0.2) is 9.36 Å². The largest absolute Gasteiger partial charge is 0.349 e. The summed E-state index contributed by atoms with van der Waals surface area (Å²) in [5.41, 5.74) is 2.86. The zero-order valence-corrected chi connectivity index (χ0v) is 17.8. The number of benzene rings is 2. The lowest BCUT2D eigenvalue weighted by atomic mass is 10.00. The minimum Gasteiger partial charge on any atom is -0.349 e. The van der Waals surface area contributed by atoms with E-state index >= 15 is 0 Å². The number of fused-ring (bicyclic) bond motifs is 1. The quantitative estimate of drug-likeness (QED) is 0.366. The second kappa shape index (κ2) is 8.19. The van der Waals surface area contributed by atoms with E-state index in [2.05, 4.69) is 38.8 Å². The first-order valence-electron chi connectivity index (χ1n) is 9.58. The Bertz CT molecular complexity index is 1210. The Kier molecular flexibility index (Phi) is 5.45. The third-order valence-corrected chi connectivity index (χ3v) is 5.79. The topological polar surface area (TPSA) is 104 Å². The number of nitrogens with two attached hydrogens (primary N) is 1. The van der Waals surface area contributed by atoms with Gasteiger partial charge in [0.25, 0.3) is 5.95 Å². The number of rotatable bonds is 6. The van der Waals surface area contributed by atoms with Crippen molar-refractivity contribution in [3.05, 3.63) is 65.5 Å². The molecule has 154 valence electrons. The number of carbonyl (C=O) groups is 1. The molecule has 2 aromatic heterocycles. The van der Waals surface area contributed by atoms with Crippen molar-refractivity contribution < 1.29 is 4.79 Å². The first-order chi connectivity index (χ1) is 14.4. The molecule has 1 atom stereocenters. The number of hydrogen-bond acceptors (Lipinski definition) is 6. The third kappa shape index (κ3) is 3.88. The maximum Gasteiger partial charge on any atom is 0.271 e. The Morgan fingerprint density at radius 2 is 1.93 bits per heavy atom. The Morgan fingerprint density at radius 1 is 1.17 bits per heavy atom. The van der Waals surface area contributed by atoms with Gasteiger partial charge in [-0.1, -0.05) is 54.2 Å². The van der Waals surface area contributed by atoms with Gasteiger partial charge >= 0.3 is 0 Å². The van der Waals surface area contributed by atoms with E-state index in [1.54, 1.807) is 4.68 Å². The van der Waals surface area contributed by atoms with Gasteiger partial charge in [0.2, 0.25) is 11.1 Å². The van der Waals surface area contributed by atoms with Crippen molar-refractivity contribution in [2.24, 2.45) is 0 Å². The normalized spacial score (nSPS) is 12.2. The van der Waals surface area contributed by atoms with E-state index in [9.17, 15) is 4.79 Å². The molecule has 2 aromatic carbocycles. The predicted octanol–water partition coefficient (Wildman–Crippen LogP) is 2.92. The number of amides is 1. The van der Waals surface area contributed by atoms with Crippen LogP contribution in [0.1, 0.15) is 29.9 Å². The van der Waals surface area contributed by atoms with Crippen LogP contribution < -0.4 is 11.2 Å².